The minimum Gasteiger partial charge on any atom is -0.390 e. The van der Waals surface area contributed by atoms with Crippen molar-refractivity contribution in [2.45, 2.75) is 69.2 Å². The Hall–Kier alpha value is -0.980. The Morgan fingerprint density at radius 1 is 1.12 bits per heavy atom. The highest BCUT2D eigenvalue weighted by Crippen LogP contribution is 2.49. The van der Waals surface area contributed by atoms with Gasteiger partial charge in [0, 0.05) is 17.5 Å². The van der Waals surface area contributed by atoms with E-state index in [4.69, 9.17) is 0 Å². The normalized spacial score (nSPS) is 35.7. The van der Waals surface area contributed by atoms with E-state index in [0.29, 0.717) is 18.0 Å². The maximum atomic E-state index is 11.3. The molecule has 2 unspecified atom stereocenters. The van der Waals surface area contributed by atoms with Crippen LogP contribution < -0.4 is 21.5 Å². The molecule has 0 radical (unpaired) electrons. The molecule has 0 saturated carbocycles. The van der Waals surface area contributed by atoms with E-state index < -0.39 is 0 Å². The first-order chi connectivity index (χ1) is 12.6. The average Bonchev–Trinajstić information content (AvgIpc) is 3.10. The topological polar surface area (TPSA) is 68.3 Å². The fraction of sp³-hybridized carbons (Fsp3) is 0.714. The number of nitrogens with one attached hydrogen (secondary N) is 4. The highest BCUT2D eigenvalue weighted by Gasteiger charge is 2.51. The number of aliphatic hydroxyl groups excluding tert-OH is 1. The predicted octanol–water partition coefficient (Wildman–Crippen LogP) is 1.59. The molecule has 1 aromatic carbocycles. The number of aliphatic hydroxyl groups is 1. The molecule has 1 spiro atoms. The summed E-state index contributed by atoms with van der Waals surface area (Å²) < 4.78 is 0. The summed E-state index contributed by atoms with van der Waals surface area (Å²) in [6.45, 7) is 7.46. The molecule has 26 heavy (non-hydrogen) atoms. The van der Waals surface area contributed by atoms with E-state index in [1.165, 1.54) is 17.5 Å². The van der Waals surface area contributed by atoms with Crippen molar-refractivity contribution in [3.63, 3.8) is 0 Å². The molecule has 144 valence electrons. The van der Waals surface area contributed by atoms with Crippen LogP contribution >= 0.6 is 0 Å². The van der Waals surface area contributed by atoms with Crippen LogP contribution in [0.1, 0.15) is 56.7 Å². The van der Waals surface area contributed by atoms with Gasteiger partial charge >= 0.3 is 0 Å². The van der Waals surface area contributed by atoms with Crippen LogP contribution in [-0.2, 0) is 5.41 Å². The van der Waals surface area contributed by atoms with E-state index in [0.717, 1.165) is 38.9 Å². The van der Waals surface area contributed by atoms with Crippen molar-refractivity contribution in [2.75, 3.05) is 19.6 Å². The molecule has 4 atom stereocenters. The molecular weight excluding hydrogens is 324 g/mol. The van der Waals surface area contributed by atoms with Crippen LogP contribution in [0, 0.1) is 5.92 Å². The fourth-order valence-electron chi connectivity index (χ4n) is 5.53. The minimum absolute atomic E-state index is 0.0676. The summed E-state index contributed by atoms with van der Waals surface area (Å²) in [4.78, 5) is 0. The molecule has 4 rings (SSSR count). The van der Waals surface area contributed by atoms with Crippen molar-refractivity contribution in [1.29, 1.82) is 0 Å². The molecule has 5 nitrogen and oxygen atoms in total. The van der Waals surface area contributed by atoms with Gasteiger partial charge in [-0.2, -0.15) is 0 Å². The second-order valence-corrected chi connectivity index (χ2v) is 8.54. The highest BCUT2D eigenvalue weighted by atomic mass is 16.3. The van der Waals surface area contributed by atoms with E-state index in [2.05, 4.69) is 59.6 Å². The first kappa shape index (κ1) is 18.4. The van der Waals surface area contributed by atoms with Gasteiger partial charge in [-0.25, -0.2) is 0 Å². The Kier molecular flexibility index (Phi) is 5.35. The molecule has 5 heteroatoms. The van der Waals surface area contributed by atoms with Crippen molar-refractivity contribution in [1.82, 2.24) is 21.5 Å². The number of benzene rings is 1. The standard InChI is InChI=1S/C21H34N4O/c1-14-16(15(2)25-24-14)7-5-11-23-19-17-6-3-4-8-18(17)21(20(19)26)9-12-22-13-10-21/h3-4,6,8,14-16,19-20,22-26H,5,7,9-13H2,1-2H3/t14?,15?,16?,19-,20+/m0/s1. The lowest BCUT2D eigenvalue weighted by atomic mass is 9.72. The van der Waals surface area contributed by atoms with Crippen LogP contribution in [0.3, 0.4) is 0 Å². The number of rotatable bonds is 5. The van der Waals surface area contributed by atoms with Gasteiger partial charge in [0.15, 0.2) is 0 Å². The van der Waals surface area contributed by atoms with Crippen molar-refractivity contribution < 1.29 is 5.11 Å². The van der Waals surface area contributed by atoms with Crippen LogP contribution in [0.5, 0.6) is 0 Å². The Bertz CT molecular complexity index is 606. The lowest BCUT2D eigenvalue weighted by Crippen LogP contribution is -2.48. The van der Waals surface area contributed by atoms with Crippen LogP contribution in [0.25, 0.3) is 0 Å². The molecule has 0 amide bonds. The van der Waals surface area contributed by atoms with Gasteiger partial charge in [-0.3, -0.25) is 10.9 Å². The third kappa shape index (κ3) is 3.10. The molecule has 2 aliphatic heterocycles. The van der Waals surface area contributed by atoms with Crippen LogP contribution in [0.2, 0.25) is 0 Å². The lowest BCUT2D eigenvalue weighted by Gasteiger charge is -2.39. The summed E-state index contributed by atoms with van der Waals surface area (Å²) in [5.41, 5.74) is 9.31. The summed E-state index contributed by atoms with van der Waals surface area (Å²) in [5, 5.41) is 18.4. The zero-order valence-electron chi connectivity index (χ0n) is 16.1. The van der Waals surface area contributed by atoms with Gasteiger partial charge in [-0.1, -0.05) is 24.3 Å². The van der Waals surface area contributed by atoms with Gasteiger partial charge in [-0.05, 0) is 76.2 Å². The molecule has 1 aliphatic carbocycles. The molecule has 0 aromatic heterocycles. The van der Waals surface area contributed by atoms with Crippen LogP contribution in [0.15, 0.2) is 24.3 Å². The second kappa shape index (κ2) is 7.56. The van der Waals surface area contributed by atoms with Gasteiger partial charge < -0.3 is 15.7 Å². The number of fused-ring (bicyclic) bond motifs is 2. The molecule has 3 aliphatic rings. The molecule has 0 bridgehead atoms. The van der Waals surface area contributed by atoms with E-state index in [1.807, 2.05) is 0 Å². The number of hydrogen-bond acceptors (Lipinski definition) is 5. The first-order valence-electron chi connectivity index (χ1n) is 10.4. The summed E-state index contributed by atoms with van der Waals surface area (Å²) in [6.07, 6.45) is 4.07. The van der Waals surface area contributed by atoms with E-state index in [1.54, 1.807) is 0 Å². The Balaban J connectivity index is 1.40. The quantitative estimate of drug-likeness (QED) is 0.517. The van der Waals surface area contributed by atoms with Crippen LogP contribution in [-0.4, -0.2) is 42.9 Å². The zero-order chi connectivity index (χ0) is 18.1. The van der Waals surface area contributed by atoms with E-state index >= 15 is 0 Å². The second-order valence-electron chi connectivity index (χ2n) is 8.54. The smallest absolute Gasteiger partial charge is 0.0832 e. The Morgan fingerprint density at radius 2 is 1.81 bits per heavy atom. The predicted molar refractivity (Wildman–Crippen MR) is 105 cm³/mol. The summed E-state index contributed by atoms with van der Waals surface area (Å²) in [6, 6.07) is 9.81. The van der Waals surface area contributed by atoms with E-state index in [-0.39, 0.29) is 17.6 Å². The Morgan fingerprint density at radius 3 is 2.54 bits per heavy atom. The first-order valence-corrected chi connectivity index (χ1v) is 10.4. The molecule has 1 aromatic rings. The van der Waals surface area contributed by atoms with Crippen molar-refractivity contribution in [2.24, 2.45) is 5.92 Å². The number of piperidine rings is 1. The van der Waals surface area contributed by atoms with Crippen molar-refractivity contribution in [3.8, 4) is 0 Å². The van der Waals surface area contributed by atoms with E-state index in [9.17, 15) is 5.11 Å². The van der Waals surface area contributed by atoms with Gasteiger partial charge in [0.05, 0.1) is 12.1 Å². The van der Waals surface area contributed by atoms with Crippen LogP contribution in [0.4, 0.5) is 0 Å². The van der Waals surface area contributed by atoms with Gasteiger partial charge in [-0.15, -0.1) is 0 Å². The average molecular weight is 359 g/mol. The fourth-order valence-corrected chi connectivity index (χ4v) is 5.53. The van der Waals surface area contributed by atoms with Gasteiger partial charge in [0.1, 0.15) is 0 Å². The molecule has 2 fully saturated rings. The van der Waals surface area contributed by atoms with Gasteiger partial charge in [0.25, 0.3) is 0 Å². The van der Waals surface area contributed by atoms with Crippen molar-refractivity contribution in [3.05, 3.63) is 35.4 Å². The largest absolute Gasteiger partial charge is 0.390 e. The third-order valence-electron chi connectivity index (χ3n) is 7.11. The third-order valence-corrected chi connectivity index (χ3v) is 7.11. The summed E-state index contributed by atoms with van der Waals surface area (Å²) in [5.74, 6) is 0.674. The maximum Gasteiger partial charge on any atom is 0.0832 e. The molecule has 2 heterocycles. The highest BCUT2D eigenvalue weighted by molar-refractivity contribution is 5.45. The molecule has 5 N–H and O–H groups in total. The molecular formula is C21H34N4O. The monoisotopic (exact) mass is 358 g/mol. The van der Waals surface area contributed by atoms with Gasteiger partial charge in [0.2, 0.25) is 0 Å². The summed E-state index contributed by atoms with van der Waals surface area (Å²) in [7, 11) is 0. The minimum atomic E-state index is -0.324. The van der Waals surface area contributed by atoms with Crippen molar-refractivity contribution >= 4 is 0 Å². The number of hydrogen-bond donors (Lipinski definition) is 5. The number of hydrazine groups is 1. The SMILES string of the molecule is CC1NNC(C)C1CCCN[C@H]1c2ccccc2C2(CCNCC2)[C@@H]1O. The Labute approximate surface area is 157 Å². The molecule has 2 saturated heterocycles. The lowest BCUT2D eigenvalue weighted by molar-refractivity contribution is 0.0442. The zero-order valence-corrected chi connectivity index (χ0v) is 16.1. The summed E-state index contributed by atoms with van der Waals surface area (Å²) >= 11 is 0. The maximum absolute atomic E-state index is 11.3.